The van der Waals surface area contributed by atoms with Gasteiger partial charge in [-0.05, 0) is 19.3 Å². The van der Waals surface area contributed by atoms with Gasteiger partial charge >= 0.3 is 6.03 Å². The van der Waals surface area contributed by atoms with E-state index in [1.807, 2.05) is 4.90 Å². The molecule has 3 aliphatic heterocycles. The molecule has 3 atom stereocenters. The van der Waals surface area contributed by atoms with Crippen LogP contribution in [0.3, 0.4) is 0 Å². The number of urea groups is 1. The molecule has 0 aromatic heterocycles. The molecule has 4 rings (SSSR count). The van der Waals surface area contributed by atoms with Gasteiger partial charge < -0.3 is 19.9 Å². The number of nitrogens with one attached hydrogen (secondary N) is 1. The first-order valence-corrected chi connectivity index (χ1v) is 15.5. The molecule has 0 radical (unpaired) electrons. The Morgan fingerprint density at radius 1 is 0.833 bits per heavy atom. The predicted octanol–water partition coefficient (Wildman–Crippen LogP) is 4.24. The van der Waals surface area contributed by atoms with E-state index in [1.165, 1.54) is 97.2 Å². The molecule has 0 bridgehead atoms. The Kier molecular flexibility index (Phi) is 10.9. The molecule has 0 spiro atoms. The number of rotatable bonds is 2. The number of nitrogens with zero attached hydrogens (tertiary/aromatic N) is 2. The quantitative estimate of drug-likeness (QED) is 0.579. The van der Waals surface area contributed by atoms with E-state index in [9.17, 15) is 9.59 Å². The van der Waals surface area contributed by atoms with Gasteiger partial charge in [0.15, 0.2) is 0 Å². The zero-order valence-corrected chi connectivity index (χ0v) is 23.1. The number of morpholine rings is 1. The molecular weight excluding hydrogens is 448 g/mol. The van der Waals surface area contributed by atoms with Gasteiger partial charge in [-0.25, -0.2) is 4.79 Å². The van der Waals surface area contributed by atoms with Crippen molar-refractivity contribution in [3.8, 4) is 0 Å². The molecule has 1 N–H and O–H groups in total. The van der Waals surface area contributed by atoms with Crippen molar-refractivity contribution in [2.75, 3.05) is 32.8 Å². The highest BCUT2D eigenvalue weighted by Gasteiger charge is 2.37. The minimum atomic E-state index is -0.0606. The number of piperidine rings is 1. The molecular formula is C28H51B2N3O3. The second-order valence-electron chi connectivity index (χ2n) is 12.7. The van der Waals surface area contributed by atoms with E-state index >= 15 is 0 Å². The summed E-state index contributed by atoms with van der Waals surface area (Å²) in [6.45, 7) is 3.19. The SMILES string of the molecule is BC1(BC2CCCCCCCCCC2)CCCCCN(C(=O)N2CCC3OCC(=O)NC3C2)CCC1. The second-order valence-corrected chi connectivity index (χ2v) is 12.7. The lowest BCUT2D eigenvalue weighted by Gasteiger charge is -2.43. The number of likely N-dealkylation sites (tertiary alicyclic amines) is 1. The molecule has 202 valence electrons. The van der Waals surface area contributed by atoms with E-state index in [-0.39, 0.29) is 30.7 Å². The summed E-state index contributed by atoms with van der Waals surface area (Å²) in [7, 11) is 3.94. The van der Waals surface area contributed by atoms with E-state index in [0.717, 1.165) is 44.7 Å². The Balaban J connectivity index is 1.30. The number of carbonyl (C=O) groups excluding carboxylic acids is 2. The van der Waals surface area contributed by atoms with Crippen molar-refractivity contribution >= 4 is 27.1 Å². The lowest BCUT2D eigenvalue weighted by molar-refractivity contribution is -0.139. The monoisotopic (exact) mass is 499 g/mol. The normalized spacial score (nSPS) is 32.5. The lowest BCUT2D eigenvalue weighted by Crippen LogP contribution is -2.62. The van der Waals surface area contributed by atoms with Crippen molar-refractivity contribution in [2.45, 2.75) is 132 Å². The molecule has 3 amide bonds. The first-order valence-electron chi connectivity index (χ1n) is 15.5. The Morgan fingerprint density at radius 2 is 1.47 bits per heavy atom. The van der Waals surface area contributed by atoms with E-state index in [1.54, 1.807) is 0 Å². The average Bonchev–Trinajstić information content (AvgIpc) is 2.93. The fourth-order valence-corrected chi connectivity index (χ4v) is 7.41. The van der Waals surface area contributed by atoms with Crippen LogP contribution in [0.5, 0.6) is 0 Å². The standard InChI is InChI=1S/C28H51B2N3O3/c29-28(30-23-13-8-5-3-1-2-4-6-9-14-23)16-10-7-11-18-32(19-12-17-28)27(35)33-20-15-25-24(21-33)31-26(34)22-36-25/h23-25,30H,1-22,29H2,(H,31,34). The number of ether oxygens (including phenoxy) is 1. The molecule has 4 fully saturated rings. The Labute approximate surface area is 221 Å². The molecule has 1 aliphatic carbocycles. The van der Waals surface area contributed by atoms with Crippen LogP contribution in [-0.4, -0.2) is 81.8 Å². The van der Waals surface area contributed by atoms with Gasteiger partial charge in [-0.2, -0.15) is 0 Å². The van der Waals surface area contributed by atoms with Crippen LogP contribution in [0, 0.1) is 0 Å². The molecule has 3 heterocycles. The Morgan fingerprint density at radius 3 is 2.22 bits per heavy atom. The van der Waals surface area contributed by atoms with Gasteiger partial charge in [-0.1, -0.05) is 101 Å². The molecule has 0 aromatic rings. The summed E-state index contributed by atoms with van der Waals surface area (Å²) in [6, 6.07) is 0.105. The van der Waals surface area contributed by atoms with Crippen LogP contribution in [0.4, 0.5) is 4.79 Å². The number of hydrogen-bond acceptors (Lipinski definition) is 3. The fourth-order valence-electron chi connectivity index (χ4n) is 7.41. The molecule has 8 heteroatoms. The average molecular weight is 499 g/mol. The topological polar surface area (TPSA) is 61.9 Å². The minimum absolute atomic E-state index is 0.0536. The zero-order chi connectivity index (χ0) is 25.2. The van der Waals surface area contributed by atoms with Crippen molar-refractivity contribution in [3.63, 3.8) is 0 Å². The largest absolute Gasteiger partial charge is 0.366 e. The number of hydrogen-bond donors (Lipinski definition) is 1. The maximum atomic E-state index is 13.5. The maximum Gasteiger partial charge on any atom is 0.320 e. The van der Waals surface area contributed by atoms with Crippen LogP contribution in [0.15, 0.2) is 0 Å². The summed E-state index contributed by atoms with van der Waals surface area (Å²) < 4.78 is 5.69. The van der Waals surface area contributed by atoms with Crippen LogP contribution in [0.1, 0.15) is 109 Å². The van der Waals surface area contributed by atoms with Gasteiger partial charge in [0, 0.05) is 26.2 Å². The van der Waals surface area contributed by atoms with E-state index in [4.69, 9.17) is 4.74 Å². The highest BCUT2D eigenvalue weighted by Crippen LogP contribution is 2.40. The van der Waals surface area contributed by atoms with Gasteiger partial charge in [-0.3, -0.25) is 4.79 Å². The summed E-state index contributed by atoms with van der Waals surface area (Å²) >= 11 is 0. The highest BCUT2D eigenvalue weighted by molar-refractivity contribution is 6.55. The molecule has 4 aliphatic rings. The molecule has 3 unspecified atom stereocenters. The van der Waals surface area contributed by atoms with Gasteiger partial charge in [-0.15, -0.1) is 0 Å². The van der Waals surface area contributed by atoms with Crippen molar-refractivity contribution in [3.05, 3.63) is 0 Å². The number of amides is 3. The molecule has 0 aromatic carbocycles. The van der Waals surface area contributed by atoms with Crippen LogP contribution in [0.2, 0.25) is 11.0 Å². The van der Waals surface area contributed by atoms with E-state index in [0.29, 0.717) is 11.8 Å². The third-order valence-corrected chi connectivity index (χ3v) is 9.54. The second kappa shape index (κ2) is 14.1. The van der Waals surface area contributed by atoms with Crippen molar-refractivity contribution < 1.29 is 14.3 Å². The van der Waals surface area contributed by atoms with E-state index in [2.05, 4.69) is 18.1 Å². The smallest absolute Gasteiger partial charge is 0.320 e. The van der Waals surface area contributed by atoms with Gasteiger partial charge in [0.25, 0.3) is 0 Å². The Bertz CT molecular complexity index is 700. The van der Waals surface area contributed by atoms with Crippen LogP contribution in [-0.2, 0) is 9.53 Å². The van der Waals surface area contributed by atoms with E-state index < -0.39 is 0 Å². The summed E-state index contributed by atoms with van der Waals surface area (Å²) in [5.41, 5.74) is 0. The predicted molar refractivity (Wildman–Crippen MR) is 151 cm³/mol. The number of fused-ring (bicyclic) bond motifs is 1. The first-order chi connectivity index (χ1) is 17.5. The molecule has 36 heavy (non-hydrogen) atoms. The van der Waals surface area contributed by atoms with Crippen LogP contribution in [0.25, 0.3) is 0 Å². The van der Waals surface area contributed by atoms with Gasteiger partial charge in [0.05, 0.1) is 20.0 Å². The third-order valence-electron chi connectivity index (χ3n) is 9.54. The van der Waals surface area contributed by atoms with Crippen LogP contribution < -0.4 is 5.32 Å². The molecule has 3 saturated heterocycles. The summed E-state index contributed by atoms with van der Waals surface area (Å²) in [6.07, 6.45) is 22.5. The zero-order valence-electron chi connectivity index (χ0n) is 23.1. The number of carbonyl (C=O) groups is 2. The Hall–Kier alpha value is -1.17. The fraction of sp³-hybridized carbons (Fsp3) is 0.929. The lowest BCUT2D eigenvalue weighted by atomic mass is 9.34. The summed E-state index contributed by atoms with van der Waals surface area (Å²) in [5, 5.41) is 3.45. The molecule has 6 nitrogen and oxygen atoms in total. The highest BCUT2D eigenvalue weighted by atomic mass is 16.5. The van der Waals surface area contributed by atoms with Crippen molar-refractivity contribution in [1.82, 2.24) is 15.1 Å². The van der Waals surface area contributed by atoms with Crippen LogP contribution >= 0.6 is 0 Å². The van der Waals surface area contributed by atoms with Gasteiger partial charge in [0.2, 0.25) is 5.91 Å². The summed E-state index contributed by atoms with van der Waals surface area (Å²) in [5.74, 6) is 0.831. The van der Waals surface area contributed by atoms with Gasteiger partial charge in [0.1, 0.15) is 13.9 Å². The molecule has 1 saturated carbocycles. The van der Waals surface area contributed by atoms with Crippen molar-refractivity contribution in [2.24, 2.45) is 0 Å². The third kappa shape index (κ3) is 8.43. The van der Waals surface area contributed by atoms with Crippen molar-refractivity contribution in [1.29, 1.82) is 0 Å². The maximum absolute atomic E-state index is 13.5. The first kappa shape index (κ1) is 27.9. The summed E-state index contributed by atoms with van der Waals surface area (Å²) in [4.78, 5) is 29.4. The minimum Gasteiger partial charge on any atom is -0.366 e.